The van der Waals surface area contributed by atoms with Gasteiger partial charge < -0.3 is 0 Å². The number of alkyl halides is 1. The molecule has 106 valence electrons. The molecule has 0 spiro atoms. The molecule has 2 aromatic rings. The molecule has 0 aliphatic carbocycles. The standard InChI is InChI=1S/C13H13ClFN3O2/c1-8-11(6-14)9(2)17(16-8)7-10-4-3-5-12(13(10)15)18(19)20/h3-5H,6-7H2,1-2H3. The predicted octanol–water partition coefficient (Wildman–Crippen LogP) is 3.33. The molecule has 2 rings (SSSR count). The van der Waals surface area contributed by atoms with Gasteiger partial charge in [0.25, 0.3) is 0 Å². The molecule has 0 radical (unpaired) electrons. The van der Waals surface area contributed by atoms with Gasteiger partial charge in [-0.2, -0.15) is 9.49 Å². The van der Waals surface area contributed by atoms with E-state index in [4.69, 9.17) is 11.6 Å². The number of benzene rings is 1. The minimum absolute atomic E-state index is 0.136. The molecule has 0 N–H and O–H groups in total. The molecule has 0 bridgehead atoms. The van der Waals surface area contributed by atoms with E-state index < -0.39 is 16.4 Å². The molecular weight excluding hydrogens is 285 g/mol. The number of hydrogen-bond acceptors (Lipinski definition) is 3. The van der Waals surface area contributed by atoms with Gasteiger partial charge in [0.05, 0.1) is 23.0 Å². The van der Waals surface area contributed by atoms with Crippen molar-refractivity contribution in [2.45, 2.75) is 26.3 Å². The van der Waals surface area contributed by atoms with E-state index in [1.165, 1.54) is 12.1 Å². The molecule has 7 heteroatoms. The molecule has 0 amide bonds. The molecule has 0 saturated carbocycles. The molecular formula is C13H13ClFN3O2. The topological polar surface area (TPSA) is 61.0 Å². The molecule has 0 saturated heterocycles. The van der Waals surface area contributed by atoms with Crippen LogP contribution < -0.4 is 0 Å². The normalized spacial score (nSPS) is 10.8. The number of nitro benzene ring substituents is 1. The minimum Gasteiger partial charge on any atom is -0.265 e. The summed E-state index contributed by atoms with van der Waals surface area (Å²) in [5.41, 5.74) is 2.22. The first-order valence-corrected chi connectivity index (χ1v) is 6.49. The maximum absolute atomic E-state index is 14.0. The van der Waals surface area contributed by atoms with Crippen LogP contribution in [0, 0.1) is 29.8 Å². The van der Waals surface area contributed by atoms with Crippen LogP contribution in [0.5, 0.6) is 0 Å². The lowest BCUT2D eigenvalue weighted by Gasteiger charge is -2.06. The summed E-state index contributed by atoms with van der Waals surface area (Å²) in [4.78, 5) is 9.99. The average molecular weight is 298 g/mol. The van der Waals surface area contributed by atoms with Gasteiger partial charge in [0, 0.05) is 22.9 Å². The van der Waals surface area contributed by atoms with Gasteiger partial charge in [0.15, 0.2) is 0 Å². The summed E-state index contributed by atoms with van der Waals surface area (Å²) < 4.78 is 15.6. The first kappa shape index (κ1) is 14.5. The third-order valence-electron chi connectivity index (χ3n) is 3.24. The van der Waals surface area contributed by atoms with Crippen molar-refractivity contribution >= 4 is 17.3 Å². The van der Waals surface area contributed by atoms with Crippen LogP contribution in [0.2, 0.25) is 0 Å². The first-order chi connectivity index (χ1) is 9.45. The predicted molar refractivity (Wildman–Crippen MR) is 73.4 cm³/mol. The highest BCUT2D eigenvalue weighted by Crippen LogP contribution is 2.22. The van der Waals surface area contributed by atoms with Crippen molar-refractivity contribution in [3.05, 3.63) is 56.6 Å². The number of halogens is 2. The molecule has 1 aromatic heterocycles. The van der Waals surface area contributed by atoms with E-state index in [9.17, 15) is 14.5 Å². The minimum atomic E-state index is -0.822. The van der Waals surface area contributed by atoms with Crippen molar-refractivity contribution in [3.8, 4) is 0 Å². The highest BCUT2D eigenvalue weighted by atomic mass is 35.5. The van der Waals surface area contributed by atoms with Gasteiger partial charge in [-0.05, 0) is 13.8 Å². The fourth-order valence-electron chi connectivity index (χ4n) is 2.07. The van der Waals surface area contributed by atoms with E-state index in [0.717, 1.165) is 23.0 Å². The van der Waals surface area contributed by atoms with Crippen molar-refractivity contribution in [2.75, 3.05) is 0 Å². The number of hydrogen-bond donors (Lipinski definition) is 0. The number of aromatic nitrogens is 2. The molecule has 0 fully saturated rings. The van der Waals surface area contributed by atoms with Gasteiger partial charge in [-0.1, -0.05) is 12.1 Å². The van der Waals surface area contributed by atoms with E-state index in [2.05, 4.69) is 5.10 Å². The smallest absolute Gasteiger partial charge is 0.265 e. The zero-order valence-electron chi connectivity index (χ0n) is 11.1. The summed E-state index contributed by atoms with van der Waals surface area (Å²) in [7, 11) is 0. The SMILES string of the molecule is Cc1nn(Cc2cccc([N+](=O)[O-])c2F)c(C)c1CCl. The van der Waals surface area contributed by atoms with Crippen molar-refractivity contribution in [1.29, 1.82) is 0 Å². The lowest BCUT2D eigenvalue weighted by Crippen LogP contribution is -2.07. The summed E-state index contributed by atoms with van der Waals surface area (Å²) in [5, 5.41) is 15.0. The zero-order chi connectivity index (χ0) is 14.9. The van der Waals surface area contributed by atoms with Crippen LogP contribution in [0.4, 0.5) is 10.1 Å². The van der Waals surface area contributed by atoms with E-state index >= 15 is 0 Å². The summed E-state index contributed by atoms with van der Waals surface area (Å²) in [6, 6.07) is 4.12. The maximum atomic E-state index is 14.0. The van der Waals surface area contributed by atoms with E-state index in [-0.39, 0.29) is 12.1 Å². The fourth-order valence-corrected chi connectivity index (χ4v) is 2.46. The van der Waals surface area contributed by atoms with Gasteiger partial charge in [-0.25, -0.2) is 0 Å². The van der Waals surface area contributed by atoms with Gasteiger partial charge in [-0.15, -0.1) is 11.6 Å². The van der Waals surface area contributed by atoms with E-state index in [1.807, 2.05) is 13.8 Å². The molecule has 1 heterocycles. The molecule has 0 aliphatic heterocycles. The third-order valence-corrected chi connectivity index (χ3v) is 3.51. The van der Waals surface area contributed by atoms with Crippen molar-refractivity contribution < 1.29 is 9.31 Å². The Kier molecular flexibility index (Phi) is 4.04. The number of rotatable bonds is 4. The Morgan fingerprint density at radius 3 is 2.70 bits per heavy atom. The van der Waals surface area contributed by atoms with Crippen molar-refractivity contribution in [3.63, 3.8) is 0 Å². The van der Waals surface area contributed by atoms with Crippen LogP contribution in [0.15, 0.2) is 18.2 Å². The molecule has 0 unspecified atom stereocenters. The van der Waals surface area contributed by atoms with Gasteiger partial charge >= 0.3 is 5.69 Å². The Morgan fingerprint density at radius 1 is 1.45 bits per heavy atom. The summed E-state index contributed by atoms with van der Waals surface area (Å²) in [6.45, 7) is 3.80. The Labute approximate surface area is 120 Å². The van der Waals surface area contributed by atoms with Crippen molar-refractivity contribution in [1.82, 2.24) is 9.78 Å². The average Bonchev–Trinajstić information content (AvgIpc) is 2.66. The summed E-state index contributed by atoms with van der Waals surface area (Å²) in [6.07, 6.45) is 0. The van der Waals surface area contributed by atoms with Gasteiger partial charge in [0.1, 0.15) is 0 Å². The van der Waals surface area contributed by atoms with E-state index in [0.29, 0.717) is 5.88 Å². The first-order valence-electron chi connectivity index (χ1n) is 5.96. The van der Waals surface area contributed by atoms with Crippen molar-refractivity contribution in [2.24, 2.45) is 0 Å². The lowest BCUT2D eigenvalue weighted by atomic mass is 10.1. The largest absolute Gasteiger partial charge is 0.305 e. The monoisotopic (exact) mass is 297 g/mol. The second-order valence-electron chi connectivity index (χ2n) is 4.45. The zero-order valence-corrected chi connectivity index (χ0v) is 11.8. The highest BCUT2D eigenvalue weighted by Gasteiger charge is 2.19. The molecule has 0 atom stereocenters. The Morgan fingerprint density at radius 2 is 2.15 bits per heavy atom. The van der Waals surface area contributed by atoms with Gasteiger partial charge in [-0.3, -0.25) is 14.8 Å². The van der Waals surface area contributed by atoms with Crippen LogP contribution in [-0.2, 0) is 12.4 Å². The second kappa shape index (κ2) is 5.58. The van der Waals surface area contributed by atoms with Gasteiger partial charge in [0.2, 0.25) is 5.82 Å². The van der Waals surface area contributed by atoms with Crippen LogP contribution in [0.3, 0.4) is 0 Å². The molecule has 20 heavy (non-hydrogen) atoms. The molecule has 0 aliphatic rings. The van der Waals surface area contributed by atoms with Crippen LogP contribution in [-0.4, -0.2) is 14.7 Å². The summed E-state index contributed by atoms with van der Waals surface area (Å²) in [5.74, 6) is -0.493. The van der Waals surface area contributed by atoms with Crippen LogP contribution >= 0.6 is 11.6 Å². The quantitative estimate of drug-likeness (QED) is 0.494. The number of nitro groups is 1. The third kappa shape index (κ3) is 2.51. The fraction of sp³-hybridized carbons (Fsp3) is 0.308. The molecule has 5 nitrogen and oxygen atoms in total. The Hall–Kier alpha value is -1.95. The highest BCUT2D eigenvalue weighted by molar-refractivity contribution is 6.17. The Balaban J connectivity index is 2.41. The maximum Gasteiger partial charge on any atom is 0.305 e. The lowest BCUT2D eigenvalue weighted by molar-refractivity contribution is -0.387. The van der Waals surface area contributed by atoms with Crippen LogP contribution in [0.1, 0.15) is 22.5 Å². The number of nitrogens with zero attached hydrogens (tertiary/aromatic N) is 3. The number of aryl methyl sites for hydroxylation is 1. The second-order valence-corrected chi connectivity index (χ2v) is 4.72. The molecule has 1 aromatic carbocycles. The Bertz CT molecular complexity index is 670. The van der Waals surface area contributed by atoms with E-state index in [1.54, 1.807) is 4.68 Å². The summed E-state index contributed by atoms with van der Waals surface area (Å²) >= 11 is 5.84. The van der Waals surface area contributed by atoms with Crippen LogP contribution in [0.25, 0.3) is 0 Å².